The second-order valence-electron chi connectivity index (χ2n) is 4.40. The molecular weight excluding hydrogens is 240 g/mol. The van der Waals surface area contributed by atoms with Crippen molar-refractivity contribution < 1.29 is 0 Å². The maximum absolute atomic E-state index is 4.43. The molecule has 1 aliphatic heterocycles. The molecule has 2 heterocycles. The van der Waals surface area contributed by atoms with Crippen molar-refractivity contribution in [2.24, 2.45) is 0 Å². The molecule has 1 saturated heterocycles. The molecule has 2 nitrogen and oxygen atoms in total. The summed E-state index contributed by atoms with van der Waals surface area (Å²) in [5.74, 6) is 1.09. The molecule has 76 valence electrons. The summed E-state index contributed by atoms with van der Waals surface area (Å²) in [6.45, 7) is 5.69. The molecule has 0 atom stereocenters. The summed E-state index contributed by atoms with van der Waals surface area (Å²) >= 11 is 3.40. The fraction of sp³-hybridized carbons (Fsp3) is 0.545. The molecule has 1 fully saturated rings. The topological polar surface area (TPSA) is 16.1 Å². The molecule has 1 aliphatic rings. The van der Waals surface area contributed by atoms with E-state index in [9.17, 15) is 0 Å². The van der Waals surface area contributed by atoms with Crippen molar-refractivity contribution in [2.45, 2.75) is 32.2 Å². The molecule has 0 aliphatic carbocycles. The molecule has 0 N–H and O–H groups in total. The number of hydrogen-bond acceptors (Lipinski definition) is 2. The van der Waals surface area contributed by atoms with Crippen molar-refractivity contribution in [2.75, 3.05) is 11.4 Å². The number of aromatic nitrogens is 1. The van der Waals surface area contributed by atoms with Gasteiger partial charge >= 0.3 is 0 Å². The van der Waals surface area contributed by atoms with Gasteiger partial charge in [0, 0.05) is 22.8 Å². The first kappa shape index (κ1) is 9.97. The number of hydrogen-bond donors (Lipinski definition) is 0. The average Bonchev–Trinajstić information content (AvgIpc) is 2.47. The highest BCUT2D eigenvalue weighted by atomic mass is 79.9. The zero-order valence-corrected chi connectivity index (χ0v) is 10.2. The Morgan fingerprint density at radius 1 is 1.43 bits per heavy atom. The maximum Gasteiger partial charge on any atom is 0.128 e. The van der Waals surface area contributed by atoms with Gasteiger partial charge in [-0.05, 0) is 54.8 Å². The monoisotopic (exact) mass is 254 g/mol. The smallest absolute Gasteiger partial charge is 0.128 e. The largest absolute Gasteiger partial charge is 0.352 e. The van der Waals surface area contributed by atoms with Crippen LogP contribution in [0.2, 0.25) is 0 Å². The van der Waals surface area contributed by atoms with Crippen molar-refractivity contribution in [3.8, 4) is 0 Å². The van der Waals surface area contributed by atoms with E-state index in [0.29, 0.717) is 0 Å². The zero-order chi connectivity index (χ0) is 10.2. The van der Waals surface area contributed by atoms with Gasteiger partial charge in [0.05, 0.1) is 0 Å². The number of nitrogens with zero attached hydrogens (tertiary/aromatic N) is 2. The lowest BCUT2D eigenvalue weighted by Gasteiger charge is -2.32. The van der Waals surface area contributed by atoms with Crippen LogP contribution in [0.15, 0.2) is 22.8 Å². The van der Waals surface area contributed by atoms with E-state index < -0.39 is 0 Å². The second kappa shape index (κ2) is 3.54. The molecule has 1 aromatic heterocycles. The third-order valence-electron chi connectivity index (χ3n) is 2.89. The van der Waals surface area contributed by atoms with Gasteiger partial charge in [-0.15, -0.1) is 0 Å². The first-order valence-corrected chi connectivity index (χ1v) is 5.78. The summed E-state index contributed by atoms with van der Waals surface area (Å²) in [5, 5.41) is 0. The normalized spacial score (nSPS) is 20.1. The van der Waals surface area contributed by atoms with Crippen LogP contribution in [0.25, 0.3) is 0 Å². The summed E-state index contributed by atoms with van der Waals surface area (Å²) in [6, 6.07) is 4.13. The van der Waals surface area contributed by atoms with Crippen LogP contribution in [-0.2, 0) is 0 Å². The van der Waals surface area contributed by atoms with Crippen LogP contribution in [0.3, 0.4) is 0 Å². The Bertz CT molecular complexity index is 319. The van der Waals surface area contributed by atoms with Crippen LogP contribution < -0.4 is 4.90 Å². The molecule has 0 aromatic carbocycles. The number of anilines is 1. The van der Waals surface area contributed by atoms with Crippen molar-refractivity contribution in [3.63, 3.8) is 0 Å². The second-order valence-corrected chi connectivity index (χ2v) is 5.32. The molecule has 0 saturated carbocycles. The number of pyridine rings is 1. The quantitative estimate of drug-likeness (QED) is 0.765. The highest BCUT2D eigenvalue weighted by Gasteiger charge is 2.32. The number of halogens is 1. The molecule has 0 bridgehead atoms. The predicted octanol–water partition coefficient (Wildman–Crippen LogP) is 3.22. The van der Waals surface area contributed by atoms with Gasteiger partial charge in [0.1, 0.15) is 5.82 Å². The van der Waals surface area contributed by atoms with E-state index in [2.05, 4.69) is 51.8 Å². The highest BCUT2D eigenvalue weighted by molar-refractivity contribution is 9.10. The molecule has 0 radical (unpaired) electrons. The standard InChI is InChI=1S/C11H15BrN2/c1-11(2)6-3-7-14(11)10-5-4-9(12)8-13-10/h4-5,8H,3,6-7H2,1-2H3. The van der Waals surface area contributed by atoms with Gasteiger partial charge in [0.25, 0.3) is 0 Å². The molecule has 3 heteroatoms. The Hall–Kier alpha value is -0.570. The van der Waals surface area contributed by atoms with E-state index in [1.165, 1.54) is 12.8 Å². The van der Waals surface area contributed by atoms with E-state index in [1.807, 2.05) is 6.20 Å². The van der Waals surface area contributed by atoms with Crippen LogP contribution in [0.4, 0.5) is 5.82 Å². The first-order valence-electron chi connectivity index (χ1n) is 4.99. The van der Waals surface area contributed by atoms with Crippen LogP contribution in [0, 0.1) is 0 Å². The van der Waals surface area contributed by atoms with Gasteiger partial charge < -0.3 is 4.90 Å². The molecule has 0 unspecified atom stereocenters. The van der Waals surface area contributed by atoms with Crippen LogP contribution in [0.1, 0.15) is 26.7 Å². The Kier molecular flexibility index (Phi) is 2.52. The van der Waals surface area contributed by atoms with Crippen molar-refractivity contribution in [1.82, 2.24) is 4.98 Å². The van der Waals surface area contributed by atoms with Crippen LogP contribution in [0.5, 0.6) is 0 Å². The minimum atomic E-state index is 0.265. The lowest BCUT2D eigenvalue weighted by atomic mass is 10.0. The van der Waals surface area contributed by atoms with Crippen molar-refractivity contribution in [3.05, 3.63) is 22.8 Å². The van der Waals surface area contributed by atoms with E-state index in [-0.39, 0.29) is 5.54 Å². The highest BCUT2D eigenvalue weighted by Crippen LogP contribution is 2.32. The number of rotatable bonds is 1. The third kappa shape index (κ3) is 1.78. The molecule has 2 rings (SSSR count). The van der Waals surface area contributed by atoms with E-state index >= 15 is 0 Å². The van der Waals surface area contributed by atoms with Gasteiger partial charge in [-0.25, -0.2) is 4.98 Å². The van der Waals surface area contributed by atoms with Gasteiger partial charge in [0.15, 0.2) is 0 Å². The Balaban J connectivity index is 2.27. The van der Waals surface area contributed by atoms with Crippen LogP contribution >= 0.6 is 15.9 Å². The molecular formula is C11H15BrN2. The average molecular weight is 255 g/mol. The van der Waals surface area contributed by atoms with Gasteiger partial charge in [-0.3, -0.25) is 0 Å². The van der Waals surface area contributed by atoms with Crippen molar-refractivity contribution >= 4 is 21.7 Å². The summed E-state index contributed by atoms with van der Waals surface area (Å²) in [4.78, 5) is 6.82. The minimum absolute atomic E-state index is 0.265. The van der Waals surface area contributed by atoms with Gasteiger partial charge in [-0.1, -0.05) is 0 Å². The fourth-order valence-corrected chi connectivity index (χ4v) is 2.29. The van der Waals surface area contributed by atoms with E-state index in [1.54, 1.807) is 0 Å². The third-order valence-corrected chi connectivity index (χ3v) is 3.36. The maximum atomic E-state index is 4.43. The Morgan fingerprint density at radius 3 is 2.71 bits per heavy atom. The van der Waals surface area contributed by atoms with Gasteiger partial charge in [0.2, 0.25) is 0 Å². The predicted molar refractivity (Wildman–Crippen MR) is 62.6 cm³/mol. The molecule has 1 aromatic rings. The fourth-order valence-electron chi connectivity index (χ4n) is 2.06. The zero-order valence-electron chi connectivity index (χ0n) is 8.63. The van der Waals surface area contributed by atoms with Gasteiger partial charge in [-0.2, -0.15) is 0 Å². The van der Waals surface area contributed by atoms with E-state index in [4.69, 9.17) is 0 Å². The van der Waals surface area contributed by atoms with E-state index in [0.717, 1.165) is 16.8 Å². The van der Waals surface area contributed by atoms with Crippen LogP contribution in [-0.4, -0.2) is 17.1 Å². The Morgan fingerprint density at radius 2 is 2.21 bits per heavy atom. The molecule has 0 spiro atoms. The lowest BCUT2D eigenvalue weighted by Crippen LogP contribution is -2.38. The molecule has 14 heavy (non-hydrogen) atoms. The summed E-state index contributed by atoms with van der Waals surface area (Å²) in [7, 11) is 0. The summed E-state index contributed by atoms with van der Waals surface area (Å²) in [6.07, 6.45) is 4.39. The minimum Gasteiger partial charge on any atom is -0.352 e. The summed E-state index contributed by atoms with van der Waals surface area (Å²) in [5.41, 5.74) is 0.265. The molecule has 0 amide bonds. The first-order chi connectivity index (χ1) is 6.59. The summed E-state index contributed by atoms with van der Waals surface area (Å²) < 4.78 is 1.04. The van der Waals surface area contributed by atoms with Crippen molar-refractivity contribution in [1.29, 1.82) is 0 Å². The Labute approximate surface area is 93.5 Å². The lowest BCUT2D eigenvalue weighted by molar-refractivity contribution is 0.514. The SMILES string of the molecule is CC1(C)CCCN1c1ccc(Br)cn1.